The van der Waals surface area contributed by atoms with Crippen molar-refractivity contribution in [1.29, 1.82) is 0 Å². The molecule has 0 aliphatic heterocycles. The average Bonchev–Trinajstić information content (AvgIpc) is 2.74. The van der Waals surface area contributed by atoms with Crippen LogP contribution in [0.4, 0.5) is 0 Å². The van der Waals surface area contributed by atoms with Crippen LogP contribution in [-0.2, 0) is 6.54 Å². The number of benzene rings is 1. The van der Waals surface area contributed by atoms with Crippen molar-refractivity contribution >= 4 is 39.3 Å². The molecule has 1 aromatic heterocycles. The first-order chi connectivity index (χ1) is 8.58. The maximum atomic E-state index is 12.4. The molecule has 0 saturated heterocycles. The SMILES string of the molecule is CCn1cc(C(=O)C(C)NC)c2cc(I)ccc21. The van der Waals surface area contributed by atoms with Gasteiger partial charge in [-0.05, 0) is 61.7 Å². The van der Waals surface area contributed by atoms with E-state index in [9.17, 15) is 4.79 Å². The van der Waals surface area contributed by atoms with Gasteiger partial charge in [0.15, 0.2) is 5.78 Å². The van der Waals surface area contributed by atoms with E-state index < -0.39 is 0 Å². The van der Waals surface area contributed by atoms with Gasteiger partial charge in [-0.15, -0.1) is 0 Å². The number of hydrogen-bond acceptors (Lipinski definition) is 2. The number of halogens is 1. The van der Waals surface area contributed by atoms with Crippen LogP contribution in [0.25, 0.3) is 10.9 Å². The number of ketones is 1. The molecule has 4 heteroatoms. The minimum atomic E-state index is -0.154. The van der Waals surface area contributed by atoms with E-state index >= 15 is 0 Å². The first kappa shape index (κ1) is 13.5. The summed E-state index contributed by atoms with van der Waals surface area (Å²) in [4.78, 5) is 12.4. The van der Waals surface area contributed by atoms with Gasteiger partial charge in [-0.25, -0.2) is 0 Å². The fourth-order valence-electron chi connectivity index (χ4n) is 2.09. The molecule has 0 aliphatic carbocycles. The topological polar surface area (TPSA) is 34.0 Å². The third-order valence-electron chi connectivity index (χ3n) is 3.28. The Morgan fingerprint density at radius 3 is 2.83 bits per heavy atom. The molecule has 3 nitrogen and oxygen atoms in total. The predicted octanol–water partition coefficient (Wildman–Crippen LogP) is 3.06. The zero-order chi connectivity index (χ0) is 13.3. The summed E-state index contributed by atoms with van der Waals surface area (Å²) in [7, 11) is 1.81. The van der Waals surface area contributed by atoms with E-state index in [0.29, 0.717) is 0 Å². The summed E-state index contributed by atoms with van der Waals surface area (Å²) in [5.41, 5.74) is 1.94. The van der Waals surface area contributed by atoms with E-state index in [2.05, 4.69) is 57.6 Å². The first-order valence-electron chi connectivity index (χ1n) is 6.08. The van der Waals surface area contributed by atoms with Crippen LogP contribution in [-0.4, -0.2) is 23.4 Å². The average molecular weight is 356 g/mol. The lowest BCUT2D eigenvalue weighted by atomic mass is 10.0. The molecule has 0 radical (unpaired) electrons. The second-order valence-electron chi connectivity index (χ2n) is 4.36. The van der Waals surface area contributed by atoms with Crippen LogP contribution in [0.15, 0.2) is 24.4 Å². The summed E-state index contributed by atoms with van der Waals surface area (Å²) in [6.45, 7) is 4.86. The van der Waals surface area contributed by atoms with Gasteiger partial charge in [-0.2, -0.15) is 0 Å². The second-order valence-corrected chi connectivity index (χ2v) is 5.61. The Kier molecular flexibility index (Phi) is 4.07. The van der Waals surface area contributed by atoms with Crippen LogP contribution >= 0.6 is 22.6 Å². The molecule has 1 aromatic carbocycles. The van der Waals surface area contributed by atoms with Crippen molar-refractivity contribution in [2.45, 2.75) is 26.4 Å². The van der Waals surface area contributed by atoms with Gasteiger partial charge < -0.3 is 9.88 Å². The largest absolute Gasteiger partial charge is 0.347 e. The number of hydrogen-bond donors (Lipinski definition) is 1. The summed E-state index contributed by atoms with van der Waals surface area (Å²) in [6, 6.07) is 6.09. The maximum Gasteiger partial charge on any atom is 0.181 e. The smallest absolute Gasteiger partial charge is 0.181 e. The van der Waals surface area contributed by atoms with Crippen molar-refractivity contribution in [3.8, 4) is 0 Å². The Hall–Kier alpha value is -0.880. The van der Waals surface area contributed by atoms with E-state index in [0.717, 1.165) is 26.6 Å². The predicted molar refractivity (Wildman–Crippen MR) is 83.2 cm³/mol. The molecule has 0 fully saturated rings. The van der Waals surface area contributed by atoms with Crippen molar-refractivity contribution in [2.75, 3.05) is 7.05 Å². The number of nitrogens with one attached hydrogen (secondary N) is 1. The molecule has 0 spiro atoms. The number of carbonyl (C=O) groups excluding carboxylic acids is 1. The van der Waals surface area contributed by atoms with Crippen molar-refractivity contribution in [1.82, 2.24) is 9.88 Å². The highest BCUT2D eigenvalue weighted by Gasteiger charge is 2.19. The normalized spacial score (nSPS) is 12.9. The Labute approximate surface area is 121 Å². The molecule has 0 amide bonds. The molecule has 0 saturated carbocycles. The molecule has 2 aromatic rings. The Morgan fingerprint density at radius 1 is 1.50 bits per heavy atom. The van der Waals surface area contributed by atoms with E-state index in [1.54, 1.807) is 0 Å². The van der Waals surface area contributed by atoms with Crippen LogP contribution < -0.4 is 5.32 Å². The molecule has 1 unspecified atom stereocenters. The minimum Gasteiger partial charge on any atom is -0.347 e. The number of likely N-dealkylation sites (N-methyl/N-ethyl adjacent to an activating group) is 1. The molecule has 0 aliphatic rings. The van der Waals surface area contributed by atoms with Crippen molar-refractivity contribution in [3.63, 3.8) is 0 Å². The van der Waals surface area contributed by atoms with Gasteiger partial charge in [-0.1, -0.05) is 0 Å². The van der Waals surface area contributed by atoms with Crippen LogP contribution in [0.1, 0.15) is 24.2 Å². The summed E-state index contributed by atoms with van der Waals surface area (Å²) in [5, 5.41) is 4.06. The molecular weight excluding hydrogens is 339 g/mol. The molecule has 18 heavy (non-hydrogen) atoms. The van der Waals surface area contributed by atoms with Crippen molar-refractivity contribution in [3.05, 3.63) is 33.5 Å². The number of rotatable bonds is 4. The van der Waals surface area contributed by atoms with Crippen molar-refractivity contribution in [2.24, 2.45) is 0 Å². The zero-order valence-electron chi connectivity index (χ0n) is 10.8. The number of nitrogens with zero attached hydrogens (tertiary/aromatic N) is 1. The first-order valence-corrected chi connectivity index (χ1v) is 7.16. The highest BCUT2D eigenvalue weighted by molar-refractivity contribution is 14.1. The van der Waals surface area contributed by atoms with Crippen LogP contribution in [0.3, 0.4) is 0 Å². The van der Waals surface area contributed by atoms with Gasteiger partial charge in [-0.3, -0.25) is 4.79 Å². The lowest BCUT2D eigenvalue weighted by molar-refractivity contribution is 0.0956. The van der Waals surface area contributed by atoms with Crippen molar-refractivity contribution < 1.29 is 4.79 Å². The summed E-state index contributed by atoms with van der Waals surface area (Å²) < 4.78 is 3.28. The standard InChI is InChI=1S/C14H17IN2O/c1-4-17-8-12(14(18)9(2)16-3)11-7-10(15)5-6-13(11)17/h5-9,16H,4H2,1-3H3. The zero-order valence-corrected chi connectivity index (χ0v) is 13.0. The summed E-state index contributed by atoms with van der Waals surface area (Å²) in [6.07, 6.45) is 1.97. The van der Waals surface area contributed by atoms with Gasteiger partial charge in [0.2, 0.25) is 0 Å². The number of aromatic nitrogens is 1. The fraction of sp³-hybridized carbons (Fsp3) is 0.357. The monoisotopic (exact) mass is 356 g/mol. The van der Waals surface area contributed by atoms with E-state index in [4.69, 9.17) is 0 Å². The molecule has 0 bridgehead atoms. The number of aryl methyl sites for hydroxylation is 1. The summed E-state index contributed by atoms with van der Waals surface area (Å²) >= 11 is 2.28. The van der Waals surface area contributed by atoms with Crippen LogP contribution in [0.2, 0.25) is 0 Å². The van der Waals surface area contributed by atoms with Crippen LogP contribution in [0, 0.1) is 3.57 Å². The Bertz CT molecular complexity index is 589. The van der Waals surface area contributed by atoms with Gasteiger partial charge in [0.25, 0.3) is 0 Å². The molecule has 1 atom stereocenters. The Balaban J connectivity index is 2.63. The van der Waals surface area contributed by atoms with Gasteiger partial charge in [0, 0.05) is 32.8 Å². The van der Waals surface area contributed by atoms with Gasteiger partial charge >= 0.3 is 0 Å². The highest BCUT2D eigenvalue weighted by Crippen LogP contribution is 2.24. The number of carbonyl (C=O) groups is 1. The number of fused-ring (bicyclic) bond motifs is 1. The molecule has 96 valence electrons. The lowest BCUT2D eigenvalue weighted by Gasteiger charge is -2.07. The van der Waals surface area contributed by atoms with Crippen LogP contribution in [0.5, 0.6) is 0 Å². The van der Waals surface area contributed by atoms with E-state index in [-0.39, 0.29) is 11.8 Å². The summed E-state index contributed by atoms with van der Waals surface area (Å²) in [5.74, 6) is 0.150. The third kappa shape index (κ3) is 2.31. The highest BCUT2D eigenvalue weighted by atomic mass is 127. The third-order valence-corrected chi connectivity index (χ3v) is 3.95. The number of Topliss-reactive ketones (excluding diaryl/α,β-unsaturated/α-hetero) is 1. The minimum absolute atomic E-state index is 0.150. The second kappa shape index (κ2) is 5.40. The molecule has 2 rings (SSSR count). The maximum absolute atomic E-state index is 12.4. The fourth-order valence-corrected chi connectivity index (χ4v) is 2.58. The molecular formula is C14H17IN2O. The molecule has 1 heterocycles. The van der Waals surface area contributed by atoms with E-state index in [1.807, 2.05) is 20.2 Å². The quantitative estimate of drug-likeness (QED) is 0.675. The molecule has 1 N–H and O–H groups in total. The van der Waals surface area contributed by atoms with Gasteiger partial charge in [0.05, 0.1) is 6.04 Å². The lowest BCUT2D eigenvalue weighted by Crippen LogP contribution is -2.30. The van der Waals surface area contributed by atoms with Gasteiger partial charge in [0.1, 0.15) is 0 Å². The van der Waals surface area contributed by atoms with E-state index in [1.165, 1.54) is 0 Å². The Morgan fingerprint density at radius 2 is 2.22 bits per heavy atom.